The molecule has 0 radical (unpaired) electrons. The molecule has 4 aliphatic rings. The van der Waals surface area contributed by atoms with Gasteiger partial charge in [0.15, 0.2) is 0 Å². The normalized spacial score (nSPS) is 21.7. The summed E-state index contributed by atoms with van der Waals surface area (Å²) < 4.78 is 15.0. The Kier molecular flexibility index (Phi) is 9.35. The largest absolute Gasteiger partial charge is 0.394 e. The number of hydrogen-bond acceptors (Lipinski definition) is 8. The number of likely N-dealkylation sites (tertiary alicyclic amines) is 1. The predicted molar refractivity (Wildman–Crippen MR) is 160 cm³/mol. The number of amides is 3. The van der Waals surface area contributed by atoms with E-state index in [0.29, 0.717) is 36.1 Å². The summed E-state index contributed by atoms with van der Waals surface area (Å²) in [6.07, 6.45) is 10.9. The molecule has 1 saturated carbocycles. The van der Waals surface area contributed by atoms with E-state index in [1.807, 2.05) is 4.90 Å². The zero-order chi connectivity index (χ0) is 29.8. The van der Waals surface area contributed by atoms with Crippen molar-refractivity contribution in [2.75, 3.05) is 57.3 Å². The molecule has 2 saturated heterocycles. The Hall–Kier alpha value is -3.60. The monoisotopic (exact) mass is 581 g/mol. The van der Waals surface area contributed by atoms with Crippen molar-refractivity contribution in [2.45, 2.75) is 57.9 Å². The highest BCUT2D eigenvalue weighted by molar-refractivity contribution is 6.21. The van der Waals surface area contributed by atoms with Gasteiger partial charge in [-0.2, -0.15) is 0 Å². The summed E-state index contributed by atoms with van der Waals surface area (Å²) in [4.78, 5) is 45.1. The van der Waals surface area contributed by atoms with Crippen molar-refractivity contribution in [1.82, 2.24) is 20.0 Å². The SMILES string of the molecule is CCN1C(=O)c2cc(F)c(N3CCN(CC4CCN(/C(N)=C/C=C(\N)C(=O)NC5CCCCC5)CC4)CC3)cc2C1=O. The van der Waals surface area contributed by atoms with E-state index in [1.54, 1.807) is 25.1 Å². The first-order valence-corrected chi connectivity index (χ1v) is 15.4. The molecule has 228 valence electrons. The number of allylic oxidation sites excluding steroid dienone is 2. The van der Waals surface area contributed by atoms with Gasteiger partial charge in [-0.3, -0.25) is 24.2 Å². The smallest absolute Gasteiger partial charge is 0.267 e. The number of anilines is 1. The lowest BCUT2D eigenvalue weighted by molar-refractivity contribution is -0.118. The Morgan fingerprint density at radius 2 is 1.57 bits per heavy atom. The van der Waals surface area contributed by atoms with Gasteiger partial charge >= 0.3 is 0 Å². The fraction of sp³-hybridized carbons (Fsp3) is 0.581. The number of halogens is 1. The molecule has 1 aromatic carbocycles. The zero-order valence-electron chi connectivity index (χ0n) is 24.6. The van der Waals surface area contributed by atoms with Crippen LogP contribution in [-0.2, 0) is 4.79 Å². The van der Waals surface area contributed by atoms with Crippen LogP contribution in [0, 0.1) is 11.7 Å². The van der Waals surface area contributed by atoms with Crippen molar-refractivity contribution in [2.24, 2.45) is 17.4 Å². The first-order chi connectivity index (χ1) is 20.2. The molecule has 0 bridgehead atoms. The molecule has 3 aliphatic heterocycles. The van der Waals surface area contributed by atoms with Gasteiger partial charge in [-0.25, -0.2) is 4.39 Å². The Morgan fingerprint density at radius 3 is 2.21 bits per heavy atom. The minimum Gasteiger partial charge on any atom is -0.394 e. The molecule has 0 unspecified atom stereocenters. The van der Waals surface area contributed by atoms with Crippen molar-refractivity contribution >= 4 is 23.4 Å². The molecule has 5 rings (SSSR count). The number of imide groups is 1. The van der Waals surface area contributed by atoms with E-state index in [0.717, 1.165) is 76.1 Å². The summed E-state index contributed by atoms with van der Waals surface area (Å²) in [6, 6.07) is 2.99. The lowest BCUT2D eigenvalue weighted by Gasteiger charge is -2.40. The van der Waals surface area contributed by atoms with Crippen LogP contribution in [0.15, 0.2) is 35.8 Å². The standard InChI is InChI=1S/C31H44FN7O3/c1-2-39-30(41)23-18-25(32)27(19-24(23)31(39)42)37-16-14-36(15-17-37)20-21-10-12-38(13-11-21)28(34)9-8-26(33)29(40)35-22-6-4-3-5-7-22/h8-9,18-19,21-22H,2-7,10-17,20,33-34H2,1H3,(H,35,40)/b26-8-,28-9+. The summed E-state index contributed by atoms with van der Waals surface area (Å²) in [5.74, 6) is -0.291. The molecule has 5 N–H and O–H groups in total. The van der Waals surface area contributed by atoms with Crippen molar-refractivity contribution in [3.05, 3.63) is 52.7 Å². The molecule has 11 heteroatoms. The molecule has 3 amide bonds. The van der Waals surface area contributed by atoms with E-state index in [9.17, 15) is 18.8 Å². The Morgan fingerprint density at radius 1 is 0.929 bits per heavy atom. The third-order valence-electron chi connectivity index (χ3n) is 9.20. The van der Waals surface area contributed by atoms with Crippen LogP contribution < -0.4 is 21.7 Å². The minimum absolute atomic E-state index is 0.156. The summed E-state index contributed by atoms with van der Waals surface area (Å²) in [6.45, 7) is 7.60. The van der Waals surface area contributed by atoms with E-state index < -0.39 is 11.7 Å². The van der Waals surface area contributed by atoms with Crippen LogP contribution in [0.2, 0.25) is 0 Å². The molecule has 1 aromatic rings. The Balaban J connectivity index is 1.07. The number of piperidine rings is 1. The third kappa shape index (κ3) is 6.56. The summed E-state index contributed by atoms with van der Waals surface area (Å²) in [5, 5.41) is 3.03. The fourth-order valence-corrected chi connectivity index (χ4v) is 6.61. The second-order valence-electron chi connectivity index (χ2n) is 11.9. The molecule has 0 aromatic heterocycles. The maximum Gasteiger partial charge on any atom is 0.267 e. The zero-order valence-corrected chi connectivity index (χ0v) is 24.6. The highest BCUT2D eigenvalue weighted by Gasteiger charge is 2.36. The molecule has 3 fully saturated rings. The first kappa shape index (κ1) is 29.9. The second-order valence-corrected chi connectivity index (χ2v) is 11.9. The summed E-state index contributed by atoms with van der Waals surface area (Å²) in [5.41, 5.74) is 13.4. The molecule has 0 spiro atoms. The van der Waals surface area contributed by atoms with Crippen LogP contribution in [0.3, 0.4) is 0 Å². The number of nitrogens with two attached hydrogens (primary N) is 2. The summed E-state index contributed by atoms with van der Waals surface area (Å²) in [7, 11) is 0. The molecule has 3 heterocycles. The summed E-state index contributed by atoms with van der Waals surface area (Å²) >= 11 is 0. The second kappa shape index (κ2) is 13.1. The topological polar surface area (TPSA) is 128 Å². The van der Waals surface area contributed by atoms with Gasteiger partial charge in [0, 0.05) is 58.4 Å². The molecule has 42 heavy (non-hydrogen) atoms. The van der Waals surface area contributed by atoms with Gasteiger partial charge in [-0.05, 0) is 62.8 Å². The Bertz CT molecular complexity index is 1240. The number of hydrogen-bond donors (Lipinski definition) is 3. The quantitative estimate of drug-likeness (QED) is 0.243. The van der Waals surface area contributed by atoms with Gasteiger partial charge in [-0.15, -0.1) is 0 Å². The van der Waals surface area contributed by atoms with Crippen molar-refractivity contribution < 1.29 is 18.8 Å². The van der Waals surface area contributed by atoms with Crippen LogP contribution in [0.5, 0.6) is 0 Å². The van der Waals surface area contributed by atoms with E-state index >= 15 is 0 Å². The highest BCUT2D eigenvalue weighted by atomic mass is 19.1. The van der Waals surface area contributed by atoms with E-state index in [-0.39, 0.29) is 35.7 Å². The number of fused-ring (bicyclic) bond motifs is 1. The highest BCUT2D eigenvalue weighted by Crippen LogP contribution is 2.31. The van der Waals surface area contributed by atoms with E-state index in [4.69, 9.17) is 11.5 Å². The van der Waals surface area contributed by atoms with Crippen LogP contribution in [0.1, 0.15) is 72.6 Å². The minimum atomic E-state index is -0.458. The van der Waals surface area contributed by atoms with Gasteiger partial charge < -0.3 is 26.6 Å². The molecule has 1 aliphatic carbocycles. The van der Waals surface area contributed by atoms with Crippen molar-refractivity contribution in [1.29, 1.82) is 0 Å². The van der Waals surface area contributed by atoms with Crippen LogP contribution in [0.25, 0.3) is 0 Å². The van der Waals surface area contributed by atoms with Crippen molar-refractivity contribution in [3.63, 3.8) is 0 Å². The van der Waals surface area contributed by atoms with Crippen LogP contribution >= 0.6 is 0 Å². The maximum atomic E-state index is 15.0. The van der Waals surface area contributed by atoms with Crippen LogP contribution in [0.4, 0.5) is 10.1 Å². The number of carbonyl (C=O) groups is 3. The van der Waals surface area contributed by atoms with Gasteiger partial charge in [0.05, 0.1) is 28.3 Å². The first-order valence-electron chi connectivity index (χ1n) is 15.4. The van der Waals surface area contributed by atoms with Crippen molar-refractivity contribution in [3.8, 4) is 0 Å². The van der Waals surface area contributed by atoms with E-state index in [1.165, 1.54) is 12.5 Å². The van der Waals surface area contributed by atoms with Gasteiger partial charge in [-0.1, -0.05) is 19.3 Å². The number of rotatable bonds is 8. The average Bonchev–Trinajstić information content (AvgIpc) is 3.24. The van der Waals surface area contributed by atoms with Gasteiger partial charge in [0.1, 0.15) is 5.82 Å². The molecule has 10 nitrogen and oxygen atoms in total. The number of nitrogens with zero attached hydrogens (tertiary/aromatic N) is 4. The molecule has 0 atom stereocenters. The number of carbonyl (C=O) groups excluding carboxylic acids is 3. The fourth-order valence-electron chi connectivity index (χ4n) is 6.61. The Labute approximate surface area is 247 Å². The average molecular weight is 582 g/mol. The van der Waals surface area contributed by atoms with Gasteiger partial charge in [0.2, 0.25) is 0 Å². The molecular formula is C31H44FN7O3. The van der Waals surface area contributed by atoms with Gasteiger partial charge in [0.25, 0.3) is 17.7 Å². The predicted octanol–water partition coefficient (Wildman–Crippen LogP) is 2.37. The van der Waals surface area contributed by atoms with Crippen LogP contribution in [-0.4, -0.2) is 90.8 Å². The van der Waals surface area contributed by atoms with E-state index in [2.05, 4.69) is 15.1 Å². The molecular weight excluding hydrogens is 537 g/mol. The maximum absolute atomic E-state index is 15.0. The number of piperazine rings is 1. The number of benzene rings is 1. The third-order valence-corrected chi connectivity index (χ3v) is 9.20. The number of nitrogens with one attached hydrogen (secondary N) is 1. The lowest BCUT2D eigenvalue weighted by atomic mass is 9.95. The lowest BCUT2D eigenvalue weighted by Crippen LogP contribution is -2.49.